The minimum atomic E-state index is -0.469. The molecule has 0 aliphatic carbocycles. The topological polar surface area (TPSA) is 34.4 Å². The Morgan fingerprint density at radius 2 is 2.05 bits per heavy atom. The van der Waals surface area contributed by atoms with E-state index in [4.69, 9.17) is 11.6 Å². The molecular weight excluding hydrogens is 323 g/mol. The normalized spacial score (nSPS) is 11.5. The van der Waals surface area contributed by atoms with E-state index in [9.17, 15) is 9.18 Å². The average Bonchev–Trinajstić information content (AvgIpc) is 2.79. The molecule has 0 fully saturated rings. The zero-order chi connectivity index (χ0) is 16.0. The van der Waals surface area contributed by atoms with Crippen LogP contribution in [0, 0.1) is 12.7 Å². The van der Waals surface area contributed by atoms with Gasteiger partial charge in [-0.1, -0.05) is 25.4 Å². The highest BCUT2D eigenvalue weighted by Crippen LogP contribution is 2.29. The summed E-state index contributed by atoms with van der Waals surface area (Å²) >= 11 is 7.37. The van der Waals surface area contributed by atoms with Crippen LogP contribution in [0.5, 0.6) is 0 Å². The van der Waals surface area contributed by atoms with Crippen LogP contribution in [0.2, 0.25) is 5.02 Å². The molecule has 0 aliphatic heterocycles. The number of aromatic nitrogens is 2. The molecule has 0 saturated heterocycles. The molecule has 22 heavy (non-hydrogen) atoms. The lowest BCUT2D eigenvalue weighted by atomic mass is 9.98. The van der Waals surface area contributed by atoms with Crippen LogP contribution in [-0.2, 0) is 0 Å². The van der Waals surface area contributed by atoms with Crippen molar-refractivity contribution in [2.75, 3.05) is 0 Å². The minimum Gasteiger partial charge on any atom is -0.268 e. The molecule has 0 spiro atoms. The molecule has 3 aromatic rings. The van der Waals surface area contributed by atoms with Gasteiger partial charge in [-0.25, -0.2) is 9.37 Å². The van der Waals surface area contributed by atoms with Gasteiger partial charge in [0.25, 0.3) is 5.56 Å². The summed E-state index contributed by atoms with van der Waals surface area (Å²) in [5.74, 6) is -0.430. The lowest BCUT2D eigenvalue weighted by molar-refractivity contribution is 0.628. The number of halogens is 2. The van der Waals surface area contributed by atoms with Gasteiger partial charge in [-0.05, 0) is 36.6 Å². The third-order valence-corrected chi connectivity index (χ3v) is 4.63. The average molecular weight is 337 g/mol. The second kappa shape index (κ2) is 5.48. The molecule has 0 atom stereocenters. The Hall–Kier alpha value is -1.72. The van der Waals surface area contributed by atoms with E-state index in [2.05, 4.69) is 4.98 Å². The Labute approximate surface area is 136 Å². The fourth-order valence-electron chi connectivity index (χ4n) is 2.49. The zero-order valence-corrected chi connectivity index (χ0v) is 13.9. The number of hydrogen-bond acceptors (Lipinski definition) is 3. The maximum absolute atomic E-state index is 13.7. The SMILES string of the molecule is Cc1csc2nc(C(C)C)c(-c3cc(F)cc(Cl)c3)c(=O)n12. The van der Waals surface area contributed by atoms with Crippen LogP contribution in [0.4, 0.5) is 4.39 Å². The first kappa shape index (κ1) is 15.2. The van der Waals surface area contributed by atoms with E-state index < -0.39 is 5.82 Å². The summed E-state index contributed by atoms with van der Waals surface area (Å²) in [5.41, 5.74) is 2.17. The fourth-order valence-corrected chi connectivity index (χ4v) is 3.57. The van der Waals surface area contributed by atoms with Gasteiger partial charge in [0.2, 0.25) is 0 Å². The number of rotatable bonds is 2. The Kier molecular flexibility index (Phi) is 3.78. The van der Waals surface area contributed by atoms with Crippen molar-refractivity contribution in [1.82, 2.24) is 9.38 Å². The number of nitrogens with zero attached hydrogens (tertiary/aromatic N) is 2. The predicted molar refractivity (Wildman–Crippen MR) is 88.6 cm³/mol. The van der Waals surface area contributed by atoms with Gasteiger partial charge in [-0.15, -0.1) is 11.3 Å². The summed E-state index contributed by atoms with van der Waals surface area (Å²) in [5, 5.41) is 2.15. The van der Waals surface area contributed by atoms with E-state index in [-0.39, 0.29) is 16.5 Å². The highest BCUT2D eigenvalue weighted by molar-refractivity contribution is 7.15. The molecule has 2 aromatic heterocycles. The standard InChI is InChI=1S/C16H14ClFN2OS/c1-8(2)14-13(10-4-11(17)6-12(18)5-10)15(21)20-9(3)7-22-16(20)19-14/h4-8H,1-3H3. The van der Waals surface area contributed by atoms with Crippen molar-refractivity contribution >= 4 is 27.9 Å². The lowest BCUT2D eigenvalue weighted by Gasteiger charge is -2.12. The Morgan fingerprint density at radius 1 is 1.32 bits per heavy atom. The van der Waals surface area contributed by atoms with Gasteiger partial charge in [0.1, 0.15) is 5.82 Å². The van der Waals surface area contributed by atoms with Crippen molar-refractivity contribution in [3.63, 3.8) is 0 Å². The Balaban J connectivity index is 2.45. The van der Waals surface area contributed by atoms with Crippen LogP contribution in [0.1, 0.15) is 31.2 Å². The molecule has 0 radical (unpaired) electrons. The van der Waals surface area contributed by atoms with Crippen LogP contribution in [-0.4, -0.2) is 9.38 Å². The van der Waals surface area contributed by atoms with E-state index in [0.29, 0.717) is 21.8 Å². The van der Waals surface area contributed by atoms with Crippen molar-refractivity contribution < 1.29 is 4.39 Å². The third kappa shape index (κ3) is 2.44. The molecule has 0 bridgehead atoms. The van der Waals surface area contributed by atoms with E-state index in [0.717, 1.165) is 5.69 Å². The summed E-state index contributed by atoms with van der Waals surface area (Å²) < 4.78 is 15.3. The molecule has 3 rings (SSSR count). The van der Waals surface area contributed by atoms with Gasteiger partial charge in [-0.3, -0.25) is 9.20 Å². The van der Waals surface area contributed by atoms with Crippen LogP contribution < -0.4 is 5.56 Å². The number of aryl methyl sites for hydroxylation is 1. The first-order valence-electron chi connectivity index (χ1n) is 6.85. The van der Waals surface area contributed by atoms with Crippen molar-refractivity contribution in [3.8, 4) is 11.1 Å². The molecule has 0 amide bonds. The lowest BCUT2D eigenvalue weighted by Crippen LogP contribution is -2.20. The quantitative estimate of drug-likeness (QED) is 0.682. The van der Waals surface area contributed by atoms with E-state index in [1.54, 1.807) is 10.5 Å². The molecule has 0 saturated carbocycles. The van der Waals surface area contributed by atoms with E-state index >= 15 is 0 Å². The molecular formula is C16H14ClFN2OS. The van der Waals surface area contributed by atoms with Crippen LogP contribution in [0.25, 0.3) is 16.1 Å². The summed E-state index contributed by atoms with van der Waals surface area (Å²) in [6.07, 6.45) is 0. The van der Waals surface area contributed by atoms with Crippen molar-refractivity contribution in [2.45, 2.75) is 26.7 Å². The maximum atomic E-state index is 13.7. The second-order valence-electron chi connectivity index (χ2n) is 5.49. The number of thiazole rings is 1. The number of benzene rings is 1. The molecule has 6 heteroatoms. The fraction of sp³-hybridized carbons (Fsp3) is 0.250. The first-order chi connectivity index (χ1) is 10.4. The summed E-state index contributed by atoms with van der Waals surface area (Å²) in [7, 11) is 0. The van der Waals surface area contributed by atoms with Crippen LogP contribution in [0.15, 0.2) is 28.4 Å². The molecule has 3 nitrogen and oxygen atoms in total. The zero-order valence-electron chi connectivity index (χ0n) is 12.4. The van der Waals surface area contributed by atoms with Gasteiger partial charge in [0, 0.05) is 16.1 Å². The molecule has 0 unspecified atom stereocenters. The molecule has 114 valence electrons. The largest absolute Gasteiger partial charge is 0.268 e. The number of hydrogen-bond donors (Lipinski definition) is 0. The summed E-state index contributed by atoms with van der Waals surface area (Å²) in [6.45, 7) is 5.77. The van der Waals surface area contributed by atoms with Crippen molar-refractivity contribution in [1.29, 1.82) is 0 Å². The third-order valence-electron chi connectivity index (χ3n) is 3.47. The highest BCUT2D eigenvalue weighted by atomic mass is 35.5. The maximum Gasteiger partial charge on any atom is 0.266 e. The molecule has 0 N–H and O–H groups in total. The van der Waals surface area contributed by atoms with Crippen molar-refractivity contribution in [3.05, 3.63) is 56.2 Å². The molecule has 2 heterocycles. The highest BCUT2D eigenvalue weighted by Gasteiger charge is 2.19. The monoisotopic (exact) mass is 336 g/mol. The van der Waals surface area contributed by atoms with E-state index in [1.165, 1.54) is 23.5 Å². The van der Waals surface area contributed by atoms with Gasteiger partial charge < -0.3 is 0 Å². The Bertz CT molecular complexity index is 910. The molecule has 1 aromatic carbocycles. The second-order valence-corrected chi connectivity index (χ2v) is 6.76. The van der Waals surface area contributed by atoms with Gasteiger partial charge in [0.15, 0.2) is 4.96 Å². The predicted octanol–water partition coefficient (Wildman–Crippen LogP) is 4.65. The summed E-state index contributed by atoms with van der Waals surface area (Å²) in [4.78, 5) is 18.2. The van der Waals surface area contributed by atoms with Gasteiger partial charge >= 0.3 is 0 Å². The van der Waals surface area contributed by atoms with Crippen molar-refractivity contribution in [2.24, 2.45) is 0 Å². The van der Waals surface area contributed by atoms with Crippen LogP contribution in [0.3, 0.4) is 0 Å². The smallest absolute Gasteiger partial charge is 0.266 e. The van der Waals surface area contributed by atoms with Gasteiger partial charge in [0.05, 0.1) is 11.3 Å². The van der Waals surface area contributed by atoms with Gasteiger partial charge in [-0.2, -0.15) is 0 Å². The Morgan fingerprint density at radius 3 is 2.68 bits per heavy atom. The minimum absolute atomic E-state index is 0.0390. The summed E-state index contributed by atoms with van der Waals surface area (Å²) in [6, 6.07) is 4.15. The first-order valence-corrected chi connectivity index (χ1v) is 8.11. The number of fused-ring (bicyclic) bond motifs is 1. The van der Waals surface area contributed by atoms with E-state index in [1.807, 2.05) is 26.2 Å². The molecule has 0 aliphatic rings. The van der Waals surface area contributed by atoms with Crippen LogP contribution >= 0.6 is 22.9 Å².